The van der Waals surface area contributed by atoms with Gasteiger partial charge in [0, 0.05) is 0 Å². The Hall–Kier alpha value is -2.04. The molecule has 4 fully saturated rings. The van der Waals surface area contributed by atoms with Gasteiger partial charge in [0.25, 0.3) is 0 Å². The molecule has 4 saturated heterocycles. The number of hydrogen-bond donors (Lipinski definition) is 0. The van der Waals surface area contributed by atoms with E-state index in [-0.39, 0.29) is 49.2 Å². The summed E-state index contributed by atoms with van der Waals surface area (Å²) in [6.45, 7) is 9.74. The maximum atomic E-state index is 5.89. The Morgan fingerprint density at radius 3 is 1.56 bits per heavy atom. The van der Waals surface area contributed by atoms with Crippen LogP contribution in [0.25, 0.3) is 0 Å². The first-order valence-corrected chi connectivity index (χ1v) is 12.2. The van der Waals surface area contributed by atoms with Gasteiger partial charge in [-0.15, -0.1) is 10.2 Å². The van der Waals surface area contributed by atoms with E-state index in [1.807, 2.05) is 37.1 Å². The van der Waals surface area contributed by atoms with Gasteiger partial charge in [-0.05, 0) is 27.7 Å². The fourth-order valence-electron chi connectivity index (χ4n) is 5.58. The molecule has 8 atom stereocenters. The minimum atomic E-state index is -0.606. The molecule has 8 heterocycles. The van der Waals surface area contributed by atoms with Gasteiger partial charge >= 0.3 is 0 Å². The van der Waals surface area contributed by atoms with E-state index in [0.29, 0.717) is 26.3 Å². The van der Waals surface area contributed by atoms with E-state index < -0.39 is 11.6 Å². The Morgan fingerprint density at radius 2 is 1.11 bits per heavy atom. The molecule has 0 aliphatic carbocycles. The van der Waals surface area contributed by atoms with Crippen molar-refractivity contribution in [2.75, 3.05) is 0 Å². The van der Waals surface area contributed by atoms with Crippen LogP contribution >= 0.6 is 0 Å². The maximum absolute atomic E-state index is 5.89. The molecule has 36 heavy (non-hydrogen) atoms. The van der Waals surface area contributed by atoms with Crippen LogP contribution < -0.4 is 0 Å². The fraction of sp³-hybridized carbons (Fsp3) is 0.818. The number of fused-ring (bicyclic) bond motifs is 8. The Labute approximate surface area is 207 Å². The minimum absolute atomic E-state index is 0.0981. The summed E-state index contributed by atoms with van der Waals surface area (Å²) in [4.78, 5) is 0. The molecule has 0 saturated carbocycles. The van der Waals surface area contributed by atoms with Crippen LogP contribution in [0.5, 0.6) is 0 Å². The normalized spacial score (nSPS) is 41.0. The first-order chi connectivity index (χ1) is 17.2. The molecule has 14 heteroatoms. The predicted octanol–water partition coefficient (Wildman–Crippen LogP) is 0.107. The van der Waals surface area contributed by atoms with Crippen LogP contribution in [0.1, 0.15) is 39.1 Å². The summed E-state index contributed by atoms with van der Waals surface area (Å²) in [7, 11) is 0. The molecule has 0 aromatic carbocycles. The standard InChI is InChI=1S/2C11H15N3O4/c2*1-11(2)17-9-8-7(16-10(9)18-11)4-14-6(5-15-8)3-12-13-14/h2*3,7-10H,4-5H2,1-2H3/t2*7-,8-,9-,10-/m11/s1. The van der Waals surface area contributed by atoms with Gasteiger partial charge < -0.3 is 37.9 Å². The Kier molecular flexibility index (Phi) is 5.28. The molecule has 196 valence electrons. The van der Waals surface area contributed by atoms with Crippen molar-refractivity contribution in [3.8, 4) is 0 Å². The number of ether oxygens (including phenoxy) is 8. The lowest BCUT2D eigenvalue weighted by molar-refractivity contribution is -0.219. The topological polar surface area (TPSA) is 135 Å². The third kappa shape index (κ3) is 3.96. The lowest BCUT2D eigenvalue weighted by Gasteiger charge is -2.23. The molecule has 2 aromatic heterocycles. The highest BCUT2D eigenvalue weighted by molar-refractivity contribution is 5.02. The van der Waals surface area contributed by atoms with Gasteiger partial charge in [0.05, 0.1) is 50.1 Å². The summed E-state index contributed by atoms with van der Waals surface area (Å²) in [5, 5.41) is 15.8. The summed E-state index contributed by atoms with van der Waals surface area (Å²) < 4.78 is 50.3. The zero-order valence-corrected chi connectivity index (χ0v) is 20.6. The van der Waals surface area contributed by atoms with Crippen molar-refractivity contribution in [2.24, 2.45) is 0 Å². The van der Waals surface area contributed by atoms with Crippen molar-refractivity contribution in [2.45, 2.75) is 115 Å². The monoisotopic (exact) mass is 506 g/mol. The van der Waals surface area contributed by atoms with Crippen molar-refractivity contribution in [3.63, 3.8) is 0 Å². The molecular weight excluding hydrogens is 476 g/mol. The number of hydrogen-bond acceptors (Lipinski definition) is 12. The molecule has 14 nitrogen and oxygen atoms in total. The summed E-state index contributed by atoms with van der Waals surface area (Å²) >= 11 is 0. The van der Waals surface area contributed by atoms with E-state index in [2.05, 4.69) is 20.6 Å². The van der Waals surface area contributed by atoms with Gasteiger partial charge in [-0.3, -0.25) is 0 Å². The van der Waals surface area contributed by atoms with Crippen LogP contribution in [-0.2, 0) is 64.2 Å². The van der Waals surface area contributed by atoms with E-state index in [1.165, 1.54) is 0 Å². The molecule has 0 radical (unpaired) electrons. The van der Waals surface area contributed by atoms with Gasteiger partial charge in [0.2, 0.25) is 0 Å². The average Bonchev–Trinajstić information content (AvgIpc) is 3.61. The fourth-order valence-corrected chi connectivity index (χ4v) is 5.58. The molecule has 0 N–H and O–H groups in total. The molecule has 2 aromatic rings. The molecular formula is C22H30N6O8. The molecule has 0 bridgehead atoms. The van der Waals surface area contributed by atoms with E-state index in [9.17, 15) is 0 Å². The Morgan fingerprint density at radius 1 is 0.667 bits per heavy atom. The van der Waals surface area contributed by atoms with Crippen molar-refractivity contribution in [3.05, 3.63) is 23.8 Å². The number of rotatable bonds is 0. The minimum Gasteiger partial charge on any atom is -0.366 e. The Balaban J connectivity index is 0.000000122. The first-order valence-electron chi connectivity index (χ1n) is 12.2. The highest BCUT2D eigenvalue weighted by Gasteiger charge is 2.57. The SMILES string of the molecule is CC1(C)O[C@H]2O[C@@H]3Cn4nncc4CO[C@H]3[C@H]2O1.CC1(C)O[C@H]2O[C@@H]3Cn4nncc4CO[C@H]3[C@H]2O1. The smallest absolute Gasteiger partial charge is 0.190 e. The summed E-state index contributed by atoms with van der Waals surface area (Å²) in [6, 6.07) is 0. The van der Waals surface area contributed by atoms with Crippen LogP contribution in [0.3, 0.4) is 0 Å². The quantitative estimate of drug-likeness (QED) is 0.480. The second kappa shape index (κ2) is 8.23. The molecule has 8 rings (SSSR count). The van der Waals surface area contributed by atoms with E-state index in [1.54, 1.807) is 12.4 Å². The van der Waals surface area contributed by atoms with Gasteiger partial charge in [-0.25, -0.2) is 9.36 Å². The average molecular weight is 507 g/mol. The van der Waals surface area contributed by atoms with Crippen LogP contribution in [0.4, 0.5) is 0 Å². The zero-order valence-electron chi connectivity index (χ0n) is 20.6. The van der Waals surface area contributed by atoms with Crippen molar-refractivity contribution in [1.29, 1.82) is 0 Å². The third-order valence-corrected chi connectivity index (χ3v) is 7.12. The second-order valence-electron chi connectivity index (χ2n) is 10.7. The van der Waals surface area contributed by atoms with Crippen LogP contribution in [0.2, 0.25) is 0 Å². The van der Waals surface area contributed by atoms with E-state index in [0.717, 1.165) is 11.4 Å². The van der Waals surface area contributed by atoms with Gasteiger partial charge in [-0.2, -0.15) is 0 Å². The van der Waals surface area contributed by atoms with E-state index in [4.69, 9.17) is 37.9 Å². The van der Waals surface area contributed by atoms with Gasteiger partial charge in [-0.1, -0.05) is 10.4 Å². The van der Waals surface area contributed by atoms with Gasteiger partial charge in [0.1, 0.15) is 36.6 Å². The zero-order chi connectivity index (χ0) is 24.7. The largest absolute Gasteiger partial charge is 0.366 e. The summed E-state index contributed by atoms with van der Waals surface area (Å²) in [5.41, 5.74) is 1.92. The van der Waals surface area contributed by atoms with Crippen molar-refractivity contribution in [1.82, 2.24) is 30.0 Å². The predicted molar refractivity (Wildman–Crippen MR) is 115 cm³/mol. The van der Waals surface area contributed by atoms with Crippen LogP contribution in [-0.4, -0.2) is 90.8 Å². The Bertz CT molecular complexity index is 1040. The lowest BCUT2D eigenvalue weighted by Crippen LogP contribution is -2.37. The molecule has 6 aliphatic rings. The summed E-state index contributed by atoms with van der Waals surface area (Å²) in [5.74, 6) is -1.21. The molecule has 6 aliphatic heterocycles. The second-order valence-corrected chi connectivity index (χ2v) is 10.7. The first kappa shape index (κ1) is 23.1. The number of aromatic nitrogens is 6. The lowest BCUT2D eigenvalue weighted by atomic mass is 10.1. The van der Waals surface area contributed by atoms with Crippen molar-refractivity contribution < 1.29 is 37.9 Å². The summed E-state index contributed by atoms with van der Waals surface area (Å²) in [6.07, 6.45) is 1.99. The molecule has 0 amide bonds. The van der Waals surface area contributed by atoms with Crippen LogP contribution in [0, 0.1) is 0 Å². The number of nitrogens with zero attached hydrogens (tertiary/aromatic N) is 6. The van der Waals surface area contributed by atoms with Gasteiger partial charge in [0.15, 0.2) is 24.2 Å². The van der Waals surface area contributed by atoms with E-state index >= 15 is 0 Å². The van der Waals surface area contributed by atoms with Crippen LogP contribution in [0.15, 0.2) is 12.4 Å². The third-order valence-electron chi connectivity index (χ3n) is 7.12. The highest BCUT2D eigenvalue weighted by atomic mass is 16.9. The van der Waals surface area contributed by atoms with Crippen molar-refractivity contribution >= 4 is 0 Å². The maximum Gasteiger partial charge on any atom is 0.190 e. The molecule has 0 unspecified atom stereocenters. The molecule has 0 spiro atoms. The highest BCUT2D eigenvalue weighted by Crippen LogP contribution is 2.41.